The number of alkyl halides is 1. The van der Waals surface area contributed by atoms with Crippen molar-refractivity contribution in [3.63, 3.8) is 0 Å². The van der Waals surface area contributed by atoms with E-state index in [0.29, 0.717) is 16.2 Å². The predicted octanol–water partition coefficient (Wildman–Crippen LogP) is 6.25. The number of hydrogen-bond donors (Lipinski definition) is 1. The molecule has 1 aliphatic heterocycles. The third-order valence-corrected chi connectivity index (χ3v) is 10.1. The Morgan fingerprint density at radius 2 is 1.89 bits per heavy atom. The van der Waals surface area contributed by atoms with E-state index in [4.69, 9.17) is 0 Å². The lowest BCUT2D eigenvalue weighted by molar-refractivity contribution is 0.0526. The molecule has 5 rings (SSSR count). The normalized spacial score (nSPS) is 43.3. The van der Waals surface area contributed by atoms with E-state index in [-0.39, 0.29) is 0 Å². The van der Waals surface area contributed by atoms with Gasteiger partial charge in [-0.2, -0.15) is 0 Å². The van der Waals surface area contributed by atoms with Gasteiger partial charge in [-0.3, -0.25) is 0 Å². The molecule has 0 bridgehead atoms. The van der Waals surface area contributed by atoms with Crippen LogP contribution in [0.1, 0.15) is 63.5 Å². The van der Waals surface area contributed by atoms with Gasteiger partial charge in [-0.25, -0.2) is 0 Å². The maximum atomic E-state index is 4.21. The third kappa shape index (κ3) is 2.81. The molecule has 1 aromatic carbocycles. The molecule has 1 N–H and O–H groups in total. The van der Waals surface area contributed by atoms with Gasteiger partial charge in [-0.15, -0.1) is 0 Å². The molecule has 27 heavy (non-hydrogen) atoms. The van der Waals surface area contributed by atoms with Gasteiger partial charge < -0.3 is 5.32 Å². The monoisotopic (exact) mass is 427 g/mol. The van der Waals surface area contributed by atoms with Crippen LogP contribution >= 0.6 is 15.9 Å². The molecule has 0 amide bonds. The lowest BCUT2D eigenvalue weighted by Gasteiger charge is -2.50. The first-order valence-corrected chi connectivity index (χ1v) is 12.0. The minimum absolute atomic E-state index is 0.302. The molecule has 0 spiro atoms. The smallest absolute Gasteiger partial charge is 0.0220 e. The van der Waals surface area contributed by atoms with Crippen molar-refractivity contribution in [1.82, 2.24) is 5.32 Å². The van der Waals surface area contributed by atoms with Crippen LogP contribution in [-0.4, -0.2) is 17.4 Å². The average molecular weight is 428 g/mol. The number of nitrogens with one attached hydrogen (secondary N) is 1. The van der Waals surface area contributed by atoms with Crippen LogP contribution < -0.4 is 5.32 Å². The predicted molar refractivity (Wildman–Crippen MR) is 118 cm³/mol. The summed E-state index contributed by atoms with van der Waals surface area (Å²) in [7, 11) is 0. The van der Waals surface area contributed by atoms with Gasteiger partial charge in [-0.05, 0) is 78.4 Å². The average Bonchev–Trinajstić information content (AvgIpc) is 3.23. The maximum Gasteiger partial charge on any atom is 0.0220 e. The van der Waals surface area contributed by atoms with Crippen molar-refractivity contribution in [3.8, 4) is 0 Å². The fourth-order valence-corrected chi connectivity index (χ4v) is 8.99. The molecule has 2 saturated carbocycles. The molecule has 3 aliphatic carbocycles. The zero-order valence-electron chi connectivity index (χ0n) is 17.0. The van der Waals surface area contributed by atoms with E-state index in [2.05, 4.69) is 78.4 Å². The maximum absolute atomic E-state index is 4.21. The fourth-order valence-electron chi connectivity index (χ4n) is 7.74. The molecule has 1 aromatic rings. The quantitative estimate of drug-likeness (QED) is 0.550. The zero-order valence-corrected chi connectivity index (χ0v) is 18.6. The minimum atomic E-state index is 0.302. The largest absolute Gasteiger partial charge is 0.314 e. The van der Waals surface area contributed by atoms with Crippen LogP contribution in [0.2, 0.25) is 0 Å². The molecular weight excluding hydrogens is 394 g/mol. The van der Waals surface area contributed by atoms with Crippen molar-refractivity contribution in [3.05, 3.63) is 41.5 Å². The molecular formula is C25H34BrN. The molecule has 1 heterocycles. The van der Waals surface area contributed by atoms with E-state index >= 15 is 0 Å². The number of allylic oxidation sites excluding steroid dienone is 1. The number of benzene rings is 1. The van der Waals surface area contributed by atoms with Crippen LogP contribution in [0.25, 0.3) is 6.08 Å². The first-order chi connectivity index (χ1) is 13.0. The number of hydrogen-bond acceptors (Lipinski definition) is 1. The second kappa shape index (κ2) is 6.73. The van der Waals surface area contributed by atoms with Crippen molar-refractivity contribution in [1.29, 1.82) is 0 Å². The summed E-state index contributed by atoms with van der Waals surface area (Å²) in [4.78, 5) is 0.712. The molecule has 3 fully saturated rings. The molecule has 0 aromatic heterocycles. The first-order valence-electron chi connectivity index (χ1n) is 11.1. The van der Waals surface area contributed by atoms with Crippen LogP contribution in [0.15, 0.2) is 30.3 Å². The molecule has 4 aliphatic rings. The molecule has 1 nitrogen and oxygen atoms in total. The second-order valence-electron chi connectivity index (χ2n) is 10.4. The van der Waals surface area contributed by atoms with E-state index in [1.165, 1.54) is 37.8 Å². The van der Waals surface area contributed by atoms with E-state index in [1.807, 2.05) is 0 Å². The SMILES string of the molecule is CC1CC2C(Br)C3CCCNC3CC2C1C(C)(C)C1C=Cc2ccccc21. The first kappa shape index (κ1) is 18.4. The van der Waals surface area contributed by atoms with Crippen LogP contribution in [-0.2, 0) is 0 Å². The summed E-state index contributed by atoms with van der Waals surface area (Å²) in [5.41, 5.74) is 3.29. The third-order valence-electron chi connectivity index (χ3n) is 8.71. The Morgan fingerprint density at radius 3 is 2.74 bits per heavy atom. The lowest BCUT2D eigenvalue weighted by atomic mass is 9.58. The molecule has 146 valence electrons. The topological polar surface area (TPSA) is 12.0 Å². The number of rotatable bonds is 2. The van der Waals surface area contributed by atoms with Gasteiger partial charge in [0.05, 0.1) is 0 Å². The zero-order chi connectivity index (χ0) is 18.8. The Balaban J connectivity index is 1.47. The summed E-state index contributed by atoms with van der Waals surface area (Å²) in [5.74, 6) is 4.75. The van der Waals surface area contributed by atoms with Gasteiger partial charge in [0.1, 0.15) is 0 Å². The molecule has 8 unspecified atom stereocenters. The van der Waals surface area contributed by atoms with Gasteiger partial charge in [0.15, 0.2) is 0 Å². The summed E-state index contributed by atoms with van der Waals surface area (Å²) in [5, 5.41) is 3.89. The van der Waals surface area contributed by atoms with E-state index in [0.717, 1.165) is 35.6 Å². The van der Waals surface area contributed by atoms with E-state index in [1.54, 1.807) is 5.56 Å². The highest BCUT2D eigenvalue weighted by Crippen LogP contribution is 2.62. The van der Waals surface area contributed by atoms with Gasteiger partial charge in [-0.1, -0.05) is 73.1 Å². The van der Waals surface area contributed by atoms with Crippen LogP contribution in [0, 0.1) is 35.0 Å². The summed E-state index contributed by atoms with van der Waals surface area (Å²) >= 11 is 4.21. The van der Waals surface area contributed by atoms with Gasteiger partial charge >= 0.3 is 0 Å². The van der Waals surface area contributed by atoms with Crippen molar-refractivity contribution < 1.29 is 0 Å². The highest BCUT2D eigenvalue weighted by atomic mass is 79.9. The Hall–Kier alpha value is -0.600. The van der Waals surface area contributed by atoms with Crippen LogP contribution in [0.3, 0.4) is 0 Å². The lowest BCUT2D eigenvalue weighted by Crippen LogP contribution is -2.53. The second-order valence-corrected chi connectivity index (χ2v) is 11.5. The fraction of sp³-hybridized carbons (Fsp3) is 0.680. The Kier molecular flexibility index (Phi) is 4.59. The minimum Gasteiger partial charge on any atom is -0.314 e. The van der Waals surface area contributed by atoms with E-state index < -0.39 is 0 Å². The number of halogens is 1. The summed E-state index contributed by atoms with van der Waals surface area (Å²) < 4.78 is 0. The molecule has 2 heteroatoms. The van der Waals surface area contributed by atoms with Crippen LogP contribution in [0.5, 0.6) is 0 Å². The van der Waals surface area contributed by atoms with E-state index in [9.17, 15) is 0 Å². The van der Waals surface area contributed by atoms with Crippen molar-refractivity contribution in [2.45, 2.75) is 63.2 Å². The van der Waals surface area contributed by atoms with Gasteiger partial charge in [0.25, 0.3) is 0 Å². The Morgan fingerprint density at radius 1 is 1.07 bits per heavy atom. The summed E-state index contributed by atoms with van der Waals surface area (Å²) in [6, 6.07) is 9.79. The molecule has 8 atom stereocenters. The van der Waals surface area contributed by atoms with Crippen molar-refractivity contribution >= 4 is 22.0 Å². The Labute approximate surface area is 173 Å². The standard InChI is InChI=1S/C25H34BrN/c1-15-13-20-19(14-22-18(24(20)26)9-6-12-27-22)23(15)25(2,3)21-11-10-16-7-4-5-8-17(16)21/h4-5,7-8,10-11,15,18-24,27H,6,9,12-14H2,1-3H3. The Bertz CT molecular complexity index is 738. The number of piperidine rings is 1. The summed E-state index contributed by atoms with van der Waals surface area (Å²) in [6.45, 7) is 8.90. The number of fused-ring (bicyclic) bond motifs is 3. The van der Waals surface area contributed by atoms with Gasteiger partial charge in [0.2, 0.25) is 0 Å². The molecule has 1 saturated heterocycles. The highest BCUT2D eigenvalue weighted by Gasteiger charge is 2.56. The van der Waals surface area contributed by atoms with Gasteiger partial charge in [0, 0.05) is 16.8 Å². The summed E-state index contributed by atoms with van der Waals surface area (Å²) in [6.07, 6.45) is 10.4. The molecule has 0 radical (unpaired) electrons. The highest BCUT2D eigenvalue weighted by molar-refractivity contribution is 9.09. The van der Waals surface area contributed by atoms with Crippen LogP contribution in [0.4, 0.5) is 0 Å². The van der Waals surface area contributed by atoms with Crippen molar-refractivity contribution in [2.24, 2.45) is 35.0 Å². The van der Waals surface area contributed by atoms with Crippen molar-refractivity contribution in [2.75, 3.05) is 6.54 Å².